The number of halogens is 1. The van der Waals surface area contributed by atoms with Gasteiger partial charge >= 0.3 is 0 Å². The van der Waals surface area contributed by atoms with Gasteiger partial charge < -0.3 is 4.98 Å². The summed E-state index contributed by atoms with van der Waals surface area (Å²) in [7, 11) is 0. The summed E-state index contributed by atoms with van der Waals surface area (Å²) in [5.74, 6) is 0.105. The van der Waals surface area contributed by atoms with Crippen molar-refractivity contribution in [1.29, 1.82) is 0 Å². The summed E-state index contributed by atoms with van der Waals surface area (Å²) in [4.78, 5) is 22.8. The van der Waals surface area contributed by atoms with E-state index in [1.54, 1.807) is 30.5 Å². The number of benzene rings is 1. The third kappa shape index (κ3) is 2.72. The summed E-state index contributed by atoms with van der Waals surface area (Å²) < 4.78 is 13.2. The number of nitrogens with zero attached hydrogens (tertiary/aromatic N) is 2. The molecule has 1 aromatic carbocycles. The predicted molar refractivity (Wildman–Crippen MR) is 80.2 cm³/mol. The highest BCUT2D eigenvalue weighted by atomic mass is 19.1. The van der Waals surface area contributed by atoms with Crippen molar-refractivity contribution in [2.24, 2.45) is 0 Å². The molecule has 0 aliphatic rings. The lowest BCUT2D eigenvalue weighted by Crippen LogP contribution is -2.09. The monoisotopic (exact) mass is 281 g/mol. The summed E-state index contributed by atoms with van der Waals surface area (Å²) in [5.41, 5.74) is 1.98. The molecule has 0 radical (unpaired) electrons. The van der Waals surface area contributed by atoms with E-state index in [0.717, 1.165) is 11.1 Å². The average Bonchev–Trinajstić information content (AvgIpc) is 2.48. The van der Waals surface area contributed by atoms with Crippen LogP contribution in [0.1, 0.15) is 17.0 Å². The zero-order valence-corrected chi connectivity index (χ0v) is 11.3. The van der Waals surface area contributed by atoms with Crippen LogP contribution in [0.5, 0.6) is 0 Å². The molecule has 4 nitrogen and oxygen atoms in total. The first-order chi connectivity index (χ1) is 10.1. The number of aromatic amines is 1. The van der Waals surface area contributed by atoms with Crippen LogP contribution in [0.3, 0.4) is 0 Å². The van der Waals surface area contributed by atoms with Gasteiger partial charge in [-0.2, -0.15) is 0 Å². The van der Waals surface area contributed by atoms with Crippen molar-refractivity contribution in [3.05, 3.63) is 69.8 Å². The number of fused-ring (bicyclic) bond motifs is 1. The Morgan fingerprint density at radius 1 is 1.24 bits per heavy atom. The fraction of sp³-hybridized carbons (Fsp3) is 0.0625. The molecule has 104 valence electrons. The number of hydrogen-bond acceptors (Lipinski definition) is 3. The molecule has 21 heavy (non-hydrogen) atoms. The zero-order valence-electron chi connectivity index (χ0n) is 11.3. The third-order valence-corrected chi connectivity index (χ3v) is 3.19. The van der Waals surface area contributed by atoms with E-state index >= 15 is 0 Å². The minimum atomic E-state index is -0.301. The molecule has 2 aromatic heterocycles. The topological polar surface area (TPSA) is 58.6 Å². The summed E-state index contributed by atoms with van der Waals surface area (Å²) in [6, 6.07) is 6.17. The Morgan fingerprint density at radius 2 is 2.10 bits per heavy atom. The number of H-pyrrole nitrogens is 1. The Balaban J connectivity index is 2.03. The van der Waals surface area contributed by atoms with Crippen LogP contribution in [0.2, 0.25) is 0 Å². The first-order valence-corrected chi connectivity index (χ1v) is 6.42. The first kappa shape index (κ1) is 13.2. The minimum absolute atomic E-state index is 0.224. The van der Waals surface area contributed by atoms with Gasteiger partial charge in [0.1, 0.15) is 11.6 Å². The van der Waals surface area contributed by atoms with Crippen molar-refractivity contribution < 1.29 is 4.39 Å². The van der Waals surface area contributed by atoms with Crippen LogP contribution in [0, 0.1) is 12.7 Å². The van der Waals surface area contributed by atoms with Gasteiger partial charge in [-0.15, -0.1) is 0 Å². The van der Waals surface area contributed by atoms with Crippen molar-refractivity contribution in [1.82, 2.24) is 15.0 Å². The second-order valence-electron chi connectivity index (χ2n) is 4.68. The van der Waals surface area contributed by atoms with Gasteiger partial charge in [0.15, 0.2) is 0 Å². The lowest BCUT2D eigenvalue weighted by atomic mass is 10.1. The molecule has 1 N–H and O–H groups in total. The van der Waals surface area contributed by atoms with E-state index in [0.29, 0.717) is 16.7 Å². The van der Waals surface area contributed by atoms with Gasteiger partial charge in [-0.25, -0.2) is 9.37 Å². The average molecular weight is 281 g/mol. The Bertz CT molecular complexity index is 899. The maximum Gasteiger partial charge on any atom is 0.259 e. The molecular formula is C16H12FN3O. The second kappa shape index (κ2) is 5.28. The Hall–Kier alpha value is -2.82. The fourth-order valence-corrected chi connectivity index (χ4v) is 2.05. The zero-order chi connectivity index (χ0) is 14.8. The first-order valence-electron chi connectivity index (χ1n) is 6.42. The van der Waals surface area contributed by atoms with Crippen LogP contribution in [-0.4, -0.2) is 15.0 Å². The van der Waals surface area contributed by atoms with Crippen molar-refractivity contribution >= 4 is 23.1 Å². The van der Waals surface area contributed by atoms with E-state index in [2.05, 4.69) is 15.0 Å². The Morgan fingerprint density at radius 3 is 2.95 bits per heavy atom. The summed E-state index contributed by atoms with van der Waals surface area (Å²) in [6.07, 6.45) is 6.45. The van der Waals surface area contributed by atoms with Gasteiger partial charge in [-0.05, 0) is 42.3 Å². The molecule has 0 aliphatic carbocycles. The van der Waals surface area contributed by atoms with E-state index in [1.807, 2.05) is 6.92 Å². The molecule has 0 aliphatic heterocycles. The second-order valence-corrected chi connectivity index (χ2v) is 4.68. The molecule has 0 fully saturated rings. The smallest absolute Gasteiger partial charge is 0.259 e. The summed E-state index contributed by atoms with van der Waals surface area (Å²) in [6.45, 7) is 1.89. The number of nitrogens with one attached hydrogen (secondary N) is 1. The summed E-state index contributed by atoms with van der Waals surface area (Å²) in [5, 5.41) is 0.490. The van der Waals surface area contributed by atoms with Crippen molar-refractivity contribution in [3.8, 4) is 0 Å². The van der Waals surface area contributed by atoms with Crippen molar-refractivity contribution in [2.75, 3.05) is 0 Å². The Kier molecular flexibility index (Phi) is 3.31. The van der Waals surface area contributed by atoms with Crippen LogP contribution in [0.4, 0.5) is 4.39 Å². The van der Waals surface area contributed by atoms with Crippen LogP contribution in [0.25, 0.3) is 23.1 Å². The molecule has 0 bridgehead atoms. The normalized spacial score (nSPS) is 11.3. The van der Waals surface area contributed by atoms with Crippen LogP contribution >= 0.6 is 0 Å². The molecule has 3 aromatic rings. The predicted octanol–water partition coefficient (Wildman–Crippen LogP) is 2.94. The van der Waals surface area contributed by atoms with Gasteiger partial charge in [-0.1, -0.05) is 12.1 Å². The van der Waals surface area contributed by atoms with E-state index in [1.165, 1.54) is 18.3 Å². The molecule has 3 rings (SSSR count). The maximum absolute atomic E-state index is 13.2. The number of aryl methyl sites for hydroxylation is 1. The minimum Gasteiger partial charge on any atom is -0.306 e. The van der Waals surface area contributed by atoms with Crippen molar-refractivity contribution in [3.63, 3.8) is 0 Å². The van der Waals surface area contributed by atoms with Gasteiger partial charge in [0.2, 0.25) is 0 Å². The maximum atomic E-state index is 13.2. The highest BCUT2D eigenvalue weighted by Crippen LogP contribution is 2.13. The number of hydrogen-bond donors (Lipinski definition) is 1. The molecule has 2 heterocycles. The lowest BCUT2D eigenvalue weighted by molar-refractivity contribution is 0.627. The largest absolute Gasteiger partial charge is 0.306 e. The molecule has 0 unspecified atom stereocenters. The van der Waals surface area contributed by atoms with E-state index in [-0.39, 0.29) is 11.4 Å². The van der Waals surface area contributed by atoms with E-state index < -0.39 is 0 Å². The van der Waals surface area contributed by atoms with Crippen molar-refractivity contribution in [2.45, 2.75) is 6.92 Å². The van der Waals surface area contributed by atoms with E-state index in [4.69, 9.17) is 0 Å². The van der Waals surface area contributed by atoms with Gasteiger partial charge in [0.05, 0.1) is 17.1 Å². The molecule has 0 atom stereocenters. The standard InChI is InChI=1S/C16H12FN3O/c1-10-2-4-12(17)8-11(10)3-5-15-19-14-9-18-7-6-13(14)16(21)20-15/h2-9H,1H3,(H,19,20,21). The van der Waals surface area contributed by atoms with Crippen LogP contribution < -0.4 is 5.56 Å². The van der Waals surface area contributed by atoms with Crippen LogP contribution in [-0.2, 0) is 0 Å². The molecule has 0 saturated heterocycles. The molecular weight excluding hydrogens is 269 g/mol. The SMILES string of the molecule is Cc1ccc(F)cc1C=Cc1nc2cnccc2c(=O)[nH]1. The Labute approximate surface area is 120 Å². The lowest BCUT2D eigenvalue weighted by Gasteiger charge is -2.01. The van der Waals surface area contributed by atoms with Gasteiger partial charge in [-0.3, -0.25) is 9.78 Å². The summed E-state index contributed by atoms with van der Waals surface area (Å²) >= 11 is 0. The molecule has 0 spiro atoms. The number of rotatable bonds is 2. The van der Waals surface area contributed by atoms with E-state index in [9.17, 15) is 9.18 Å². The highest BCUT2D eigenvalue weighted by molar-refractivity contribution is 5.78. The molecule has 5 heteroatoms. The van der Waals surface area contributed by atoms with Crippen LogP contribution in [0.15, 0.2) is 41.5 Å². The number of pyridine rings is 1. The fourth-order valence-electron chi connectivity index (χ4n) is 2.05. The quantitative estimate of drug-likeness (QED) is 0.785. The molecule has 0 amide bonds. The van der Waals surface area contributed by atoms with Gasteiger partial charge in [0.25, 0.3) is 5.56 Å². The molecule has 0 saturated carbocycles. The third-order valence-electron chi connectivity index (χ3n) is 3.19. The highest BCUT2D eigenvalue weighted by Gasteiger charge is 2.02. The number of aromatic nitrogens is 3. The van der Waals surface area contributed by atoms with Gasteiger partial charge in [0, 0.05) is 6.20 Å².